The van der Waals surface area contributed by atoms with Crippen molar-refractivity contribution >= 4 is 5.69 Å². The Balaban J connectivity index is 1.99. The van der Waals surface area contributed by atoms with Crippen LogP contribution in [-0.2, 0) is 0 Å². The van der Waals surface area contributed by atoms with E-state index in [1.54, 1.807) is 0 Å². The first-order valence-corrected chi connectivity index (χ1v) is 5.99. The molecule has 0 aliphatic carbocycles. The van der Waals surface area contributed by atoms with Gasteiger partial charge < -0.3 is 10.3 Å². The van der Waals surface area contributed by atoms with Gasteiger partial charge in [-0.3, -0.25) is 0 Å². The number of aromatic nitrogens is 2. The van der Waals surface area contributed by atoms with Crippen molar-refractivity contribution in [2.75, 3.05) is 5.73 Å². The number of anilines is 1. The van der Waals surface area contributed by atoms with Crippen molar-refractivity contribution in [1.29, 1.82) is 0 Å². The number of rotatable bonds is 2. The molecular formula is C15H13N3O. The van der Waals surface area contributed by atoms with Crippen molar-refractivity contribution in [1.82, 2.24) is 10.1 Å². The van der Waals surface area contributed by atoms with E-state index >= 15 is 0 Å². The maximum Gasteiger partial charge on any atom is 0.258 e. The first-order chi connectivity index (χ1) is 9.24. The smallest absolute Gasteiger partial charge is 0.258 e. The fourth-order valence-corrected chi connectivity index (χ4v) is 1.85. The summed E-state index contributed by atoms with van der Waals surface area (Å²) in [5, 5.41) is 4.01. The third-order valence-electron chi connectivity index (χ3n) is 2.97. The Morgan fingerprint density at radius 3 is 2.53 bits per heavy atom. The van der Waals surface area contributed by atoms with Gasteiger partial charge in [0.05, 0.1) is 0 Å². The van der Waals surface area contributed by atoms with Crippen LogP contribution in [0.3, 0.4) is 0 Å². The summed E-state index contributed by atoms with van der Waals surface area (Å²) in [5.41, 5.74) is 9.37. The molecule has 0 bridgehead atoms. The molecule has 0 saturated heterocycles. The number of nitrogens with two attached hydrogens (primary N) is 1. The molecule has 0 saturated carbocycles. The molecule has 4 heteroatoms. The summed E-state index contributed by atoms with van der Waals surface area (Å²) in [4.78, 5) is 4.40. The minimum Gasteiger partial charge on any atom is -0.399 e. The zero-order valence-electron chi connectivity index (χ0n) is 10.5. The molecule has 0 radical (unpaired) electrons. The van der Waals surface area contributed by atoms with Crippen LogP contribution in [0.25, 0.3) is 22.8 Å². The van der Waals surface area contributed by atoms with Gasteiger partial charge in [0.15, 0.2) is 0 Å². The summed E-state index contributed by atoms with van der Waals surface area (Å²) in [6, 6.07) is 15.4. The Morgan fingerprint density at radius 1 is 1.00 bits per heavy atom. The van der Waals surface area contributed by atoms with E-state index in [2.05, 4.69) is 10.1 Å². The number of aryl methyl sites for hydroxylation is 1. The van der Waals surface area contributed by atoms with E-state index in [4.69, 9.17) is 10.3 Å². The number of hydrogen-bond acceptors (Lipinski definition) is 4. The largest absolute Gasteiger partial charge is 0.399 e. The fraction of sp³-hybridized carbons (Fsp3) is 0.0667. The van der Waals surface area contributed by atoms with Crippen molar-refractivity contribution in [2.45, 2.75) is 6.92 Å². The van der Waals surface area contributed by atoms with E-state index in [1.807, 2.05) is 55.5 Å². The Labute approximate surface area is 110 Å². The van der Waals surface area contributed by atoms with E-state index in [0.717, 1.165) is 22.4 Å². The van der Waals surface area contributed by atoms with Gasteiger partial charge in [-0.25, -0.2) is 0 Å². The topological polar surface area (TPSA) is 64.9 Å². The Morgan fingerprint density at radius 2 is 1.79 bits per heavy atom. The van der Waals surface area contributed by atoms with E-state index < -0.39 is 0 Å². The monoisotopic (exact) mass is 251 g/mol. The minimum atomic E-state index is 0.519. The molecule has 0 amide bonds. The Bertz CT molecular complexity index is 704. The van der Waals surface area contributed by atoms with Crippen LogP contribution < -0.4 is 5.73 Å². The van der Waals surface area contributed by atoms with E-state index in [-0.39, 0.29) is 0 Å². The zero-order chi connectivity index (χ0) is 13.2. The molecule has 2 N–H and O–H groups in total. The molecule has 3 rings (SSSR count). The lowest BCUT2D eigenvalue weighted by molar-refractivity contribution is 0.432. The molecule has 3 aromatic rings. The highest BCUT2D eigenvalue weighted by Crippen LogP contribution is 2.24. The van der Waals surface area contributed by atoms with Gasteiger partial charge in [0, 0.05) is 16.8 Å². The first kappa shape index (κ1) is 11.5. The molecule has 1 heterocycles. The van der Waals surface area contributed by atoms with Gasteiger partial charge in [-0.15, -0.1) is 0 Å². The molecule has 1 aromatic heterocycles. The van der Waals surface area contributed by atoms with Crippen LogP contribution >= 0.6 is 0 Å². The average Bonchev–Trinajstić information content (AvgIpc) is 2.93. The number of benzene rings is 2. The zero-order valence-corrected chi connectivity index (χ0v) is 10.5. The summed E-state index contributed by atoms with van der Waals surface area (Å²) in [5.74, 6) is 1.09. The van der Waals surface area contributed by atoms with E-state index in [9.17, 15) is 0 Å². The standard InChI is InChI=1S/C15H13N3O/c1-10-9-12(7-8-13(10)16)14-17-15(19-18-14)11-5-3-2-4-6-11/h2-9H,16H2,1H3. The van der Waals surface area contributed by atoms with Crippen molar-refractivity contribution in [2.24, 2.45) is 0 Å². The molecule has 0 aliphatic heterocycles. The van der Waals surface area contributed by atoms with Gasteiger partial charge in [0.1, 0.15) is 0 Å². The van der Waals surface area contributed by atoms with Crippen LogP contribution in [-0.4, -0.2) is 10.1 Å². The Kier molecular flexibility index (Phi) is 2.76. The predicted molar refractivity (Wildman–Crippen MR) is 74.3 cm³/mol. The highest BCUT2D eigenvalue weighted by Gasteiger charge is 2.10. The van der Waals surface area contributed by atoms with Gasteiger partial charge in [-0.2, -0.15) is 4.98 Å². The predicted octanol–water partition coefficient (Wildman–Crippen LogP) is 3.29. The van der Waals surface area contributed by atoms with Crippen molar-refractivity contribution in [3.8, 4) is 22.8 Å². The van der Waals surface area contributed by atoms with Crippen LogP contribution in [0.4, 0.5) is 5.69 Å². The van der Waals surface area contributed by atoms with Crippen molar-refractivity contribution < 1.29 is 4.52 Å². The summed E-state index contributed by atoms with van der Waals surface area (Å²) in [6.07, 6.45) is 0. The molecule has 0 fully saturated rings. The van der Waals surface area contributed by atoms with Crippen LogP contribution in [0.1, 0.15) is 5.56 Å². The lowest BCUT2D eigenvalue weighted by Crippen LogP contribution is -1.90. The highest BCUT2D eigenvalue weighted by atomic mass is 16.5. The first-order valence-electron chi connectivity index (χ1n) is 5.99. The van der Waals surface area contributed by atoms with Gasteiger partial charge in [0.25, 0.3) is 5.89 Å². The van der Waals surface area contributed by atoms with E-state index in [1.165, 1.54) is 0 Å². The second kappa shape index (κ2) is 4.57. The third kappa shape index (κ3) is 2.20. The van der Waals surface area contributed by atoms with E-state index in [0.29, 0.717) is 11.7 Å². The van der Waals surface area contributed by atoms with Crippen LogP contribution in [0, 0.1) is 6.92 Å². The third-order valence-corrected chi connectivity index (χ3v) is 2.97. The second-order valence-electron chi connectivity index (χ2n) is 4.36. The normalized spacial score (nSPS) is 10.6. The molecule has 0 aliphatic rings. The molecule has 19 heavy (non-hydrogen) atoms. The highest BCUT2D eigenvalue weighted by molar-refractivity contribution is 5.63. The molecule has 0 unspecified atom stereocenters. The maximum absolute atomic E-state index is 5.80. The van der Waals surface area contributed by atoms with Crippen molar-refractivity contribution in [3.05, 3.63) is 54.1 Å². The van der Waals surface area contributed by atoms with Crippen LogP contribution in [0.5, 0.6) is 0 Å². The molecular weight excluding hydrogens is 238 g/mol. The maximum atomic E-state index is 5.80. The number of hydrogen-bond donors (Lipinski definition) is 1. The van der Waals surface area contributed by atoms with Crippen LogP contribution in [0.15, 0.2) is 53.1 Å². The molecule has 2 aromatic carbocycles. The SMILES string of the molecule is Cc1cc(-c2noc(-c3ccccc3)n2)ccc1N. The number of nitrogen functional groups attached to an aromatic ring is 1. The van der Waals surface area contributed by atoms with Gasteiger partial charge in [-0.1, -0.05) is 23.4 Å². The molecule has 0 spiro atoms. The Hall–Kier alpha value is -2.62. The molecule has 0 atom stereocenters. The molecule has 94 valence electrons. The summed E-state index contributed by atoms with van der Waals surface area (Å²) in [7, 11) is 0. The molecule has 4 nitrogen and oxygen atoms in total. The summed E-state index contributed by atoms with van der Waals surface area (Å²) < 4.78 is 5.28. The average molecular weight is 251 g/mol. The fourth-order valence-electron chi connectivity index (χ4n) is 1.85. The van der Waals surface area contributed by atoms with Crippen molar-refractivity contribution in [3.63, 3.8) is 0 Å². The quantitative estimate of drug-likeness (QED) is 0.710. The summed E-state index contributed by atoms with van der Waals surface area (Å²) >= 11 is 0. The lowest BCUT2D eigenvalue weighted by Gasteiger charge is -2.00. The summed E-state index contributed by atoms with van der Waals surface area (Å²) in [6.45, 7) is 1.96. The van der Waals surface area contributed by atoms with Gasteiger partial charge in [0.2, 0.25) is 5.82 Å². The lowest BCUT2D eigenvalue weighted by atomic mass is 10.1. The van der Waals surface area contributed by atoms with Gasteiger partial charge >= 0.3 is 0 Å². The number of nitrogens with zero attached hydrogens (tertiary/aromatic N) is 2. The van der Waals surface area contributed by atoms with Crippen LogP contribution in [0.2, 0.25) is 0 Å². The second-order valence-corrected chi connectivity index (χ2v) is 4.36. The minimum absolute atomic E-state index is 0.519. The van der Waals surface area contributed by atoms with Gasteiger partial charge in [-0.05, 0) is 42.8 Å².